The molecule has 0 aliphatic rings. The lowest BCUT2D eigenvalue weighted by Gasteiger charge is -2.16. The lowest BCUT2D eigenvalue weighted by atomic mass is 10.1. The van der Waals surface area contributed by atoms with Crippen LogP contribution in [0.4, 0.5) is 0 Å². The Labute approximate surface area is 106 Å². The summed E-state index contributed by atoms with van der Waals surface area (Å²) in [6.45, 7) is 3.07. The first-order chi connectivity index (χ1) is 8.79. The van der Waals surface area contributed by atoms with Crippen molar-refractivity contribution in [3.63, 3.8) is 0 Å². The van der Waals surface area contributed by atoms with E-state index in [1.165, 1.54) is 4.80 Å². The summed E-state index contributed by atoms with van der Waals surface area (Å²) in [6, 6.07) is 2.10. The fourth-order valence-electron chi connectivity index (χ4n) is 1.72. The molecule has 96 valence electrons. The van der Waals surface area contributed by atoms with Crippen molar-refractivity contribution in [3.8, 4) is 0 Å². The Morgan fingerprint density at radius 2 is 2.28 bits per heavy atom. The summed E-state index contributed by atoms with van der Waals surface area (Å²) in [4.78, 5) is 1.47. The van der Waals surface area contributed by atoms with Gasteiger partial charge < -0.3 is 5.32 Å². The fourth-order valence-corrected chi connectivity index (χ4v) is 1.72. The standard InChI is InChI=1S/C11H17N7/c1-3-5-12-10(9-4-6-13-14-8-9)7-11-15-17-18(2)16-11/h4,6,8,10,12H,3,5,7H2,1-2H3. The molecule has 1 N–H and O–H groups in total. The number of hydrogen-bond acceptors (Lipinski definition) is 6. The Bertz CT molecular complexity index is 467. The monoisotopic (exact) mass is 247 g/mol. The number of aryl methyl sites for hydroxylation is 1. The van der Waals surface area contributed by atoms with Gasteiger partial charge in [-0.3, -0.25) is 0 Å². The van der Waals surface area contributed by atoms with E-state index in [1.807, 2.05) is 6.07 Å². The summed E-state index contributed by atoms with van der Waals surface area (Å²) >= 11 is 0. The van der Waals surface area contributed by atoms with Gasteiger partial charge in [-0.15, -0.1) is 10.2 Å². The summed E-state index contributed by atoms with van der Waals surface area (Å²) in [5, 5.41) is 23.2. The van der Waals surface area contributed by atoms with E-state index in [4.69, 9.17) is 0 Å². The molecular weight excluding hydrogens is 230 g/mol. The van der Waals surface area contributed by atoms with Crippen LogP contribution in [0.15, 0.2) is 18.5 Å². The van der Waals surface area contributed by atoms with Crippen LogP contribution in [0.25, 0.3) is 0 Å². The van der Waals surface area contributed by atoms with Crippen molar-refractivity contribution in [2.45, 2.75) is 25.8 Å². The number of hydrogen-bond donors (Lipinski definition) is 1. The average Bonchev–Trinajstić information content (AvgIpc) is 2.81. The zero-order chi connectivity index (χ0) is 12.8. The van der Waals surface area contributed by atoms with Crippen LogP contribution in [0.2, 0.25) is 0 Å². The molecule has 2 heterocycles. The predicted molar refractivity (Wildman–Crippen MR) is 65.6 cm³/mol. The summed E-state index contributed by atoms with van der Waals surface area (Å²) in [5.74, 6) is 0.725. The molecular formula is C11H17N7. The van der Waals surface area contributed by atoms with Gasteiger partial charge in [0.25, 0.3) is 0 Å². The first-order valence-electron chi connectivity index (χ1n) is 6.02. The first-order valence-corrected chi connectivity index (χ1v) is 6.02. The van der Waals surface area contributed by atoms with E-state index in [1.54, 1.807) is 19.4 Å². The molecule has 0 bridgehead atoms. The molecule has 0 radical (unpaired) electrons. The van der Waals surface area contributed by atoms with Gasteiger partial charge in [0, 0.05) is 18.7 Å². The van der Waals surface area contributed by atoms with Gasteiger partial charge in [0.2, 0.25) is 0 Å². The lowest BCUT2D eigenvalue weighted by molar-refractivity contribution is 0.514. The summed E-state index contributed by atoms with van der Waals surface area (Å²) in [7, 11) is 1.76. The molecule has 1 unspecified atom stereocenters. The highest BCUT2D eigenvalue weighted by Crippen LogP contribution is 2.14. The number of aromatic nitrogens is 6. The maximum absolute atomic E-state index is 4.20. The summed E-state index contributed by atoms with van der Waals surface area (Å²) < 4.78 is 0. The Morgan fingerprint density at radius 1 is 1.39 bits per heavy atom. The molecule has 0 fully saturated rings. The van der Waals surface area contributed by atoms with Crippen LogP contribution >= 0.6 is 0 Å². The number of nitrogens with one attached hydrogen (secondary N) is 1. The van der Waals surface area contributed by atoms with Crippen LogP contribution < -0.4 is 5.32 Å². The van der Waals surface area contributed by atoms with Crippen LogP contribution in [0.3, 0.4) is 0 Å². The highest BCUT2D eigenvalue weighted by molar-refractivity contribution is 5.13. The van der Waals surface area contributed by atoms with Gasteiger partial charge >= 0.3 is 0 Å². The molecule has 0 aromatic carbocycles. The molecule has 0 aliphatic heterocycles. The quantitative estimate of drug-likeness (QED) is 0.789. The van der Waals surface area contributed by atoms with Crippen LogP contribution in [-0.4, -0.2) is 36.9 Å². The highest BCUT2D eigenvalue weighted by atomic mass is 15.6. The van der Waals surface area contributed by atoms with Crippen LogP contribution in [0, 0.1) is 0 Å². The maximum atomic E-state index is 4.20. The zero-order valence-corrected chi connectivity index (χ0v) is 10.6. The Morgan fingerprint density at radius 3 is 2.89 bits per heavy atom. The Hall–Kier alpha value is -1.89. The van der Waals surface area contributed by atoms with Crippen molar-refractivity contribution in [1.82, 2.24) is 35.7 Å². The van der Waals surface area contributed by atoms with E-state index in [-0.39, 0.29) is 6.04 Å². The van der Waals surface area contributed by atoms with Crippen molar-refractivity contribution < 1.29 is 0 Å². The van der Waals surface area contributed by atoms with E-state index in [9.17, 15) is 0 Å². The third kappa shape index (κ3) is 3.30. The number of tetrazole rings is 1. The normalized spacial score (nSPS) is 12.6. The minimum atomic E-state index is 0.143. The molecule has 0 aliphatic carbocycles. The summed E-state index contributed by atoms with van der Waals surface area (Å²) in [5.41, 5.74) is 1.09. The molecule has 18 heavy (non-hydrogen) atoms. The lowest BCUT2D eigenvalue weighted by Crippen LogP contribution is -2.24. The second kappa shape index (κ2) is 6.15. The van der Waals surface area contributed by atoms with Gasteiger partial charge in [-0.25, -0.2) is 0 Å². The van der Waals surface area contributed by atoms with E-state index < -0.39 is 0 Å². The highest BCUT2D eigenvalue weighted by Gasteiger charge is 2.14. The average molecular weight is 247 g/mol. The molecule has 0 spiro atoms. The molecule has 0 saturated carbocycles. The third-order valence-electron chi connectivity index (χ3n) is 2.59. The largest absolute Gasteiger partial charge is 0.309 e. The minimum Gasteiger partial charge on any atom is -0.309 e. The van der Waals surface area contributed by atoms with Crippen molar-refractivity contribution in [2.75, 3.05) is 6.54 Å². The van der Waals surface area contributed by atoms with E-state index >= 15 is 0 Å². The SMILES string of the molecule is CCCNC(Cc1nnn(C)n1)c1ccnnc1. The predicted octanol–water partition coefficient (Wildman–Crippen LogP) is 0.283. The molecule has 7 nitrogen and oxygen atoms in total. The zero-order valence-electron chi connectivity index (χ0n) is 10.6. The van der Waals surface area contributed by atoms with Gasteiger partial charge in [-0.05, 0) is 29.8 Å². The molecule has 0 amide bonds. The molecule has 7 heteroatoms. The first kappa shape index (κ1) is 12.6. The van der Waals surface area contributed by atoms with E-state index in [2.05, 4.69) is 37.8 Å². The van der Waals surface area contributed by atoms with Crippen LogP contribution in [0.1, 0.15) is 30.8 Å². The van der Waals surface area contributed by atoms with Crippen molar-refractivity contribution in [1.29, 1.82) is 0 Å². The smallest absolute Gasteiger partial charge is 0.176 e. The topological polar surface area (TPSA) is 81.4 Å². The van der Waals surface area contributed by atoms with Crippen molar-refractivity contribution in [3.05, 3.63) is 29.8 Å². The fraction of sp³-hybridized carbons (Fsp3) is 0.545. The van der Waals surface area contributed by atoms with Gasteiger partial charge in [0.05, 0.1) is 13.2 Å². The third-order valence-corrected chi connectivity index (χ3v) is 2.59. The molecule has 2 rings (SSSR count). The second-order valence-electron chi connectivity index (χ2n) is 4.08. The van der Waals surface area contributed by atoms with Crippen molar-refractivity contribution in [2.24, 2.45) is 7.05 Å². The Balaban J connectivity index is 2.10. The van der Waals surface area contributed by atoms with Crippen LogP contribution in [-0.2, 0) is 13.5 Å². The van der Waals surface area contributed by atoms with Gasteiger partial charge in [-0.1, -0.05) is 6.92 Å². The van der Waals surface area contributed by atoms with Crippen LogP contribution in [0.5, 0.6) is 0 Å². The number of rotatable bonds is 6. The van der Waals surface area contributed by atoms with Crippen molar-refractivity contribution >= 4 is 0 Å². The molecule has 2 aromatic heterocycles. The minimum absolute atomic E-state index is 0.143. The summed E-state index contributed by atoms with van der Waals surface area (Å²) in [6.07, 6.45) is 5.23. The second-order valence-corrected chi connectivity index (χ2v) is 4.08. The molecule has 2 aromatic rings. The van der Waals surface area contributed by atoms with E-state index in [0.29, 0.717) is 6.42 Å². The van der Waals surface area contributed by atoms with E-state index in [0.717, 1.165) is 24.4 Å². The maximum Gasteiger partial charge on any atom is 0.176 e. The van der Waals surface area contributed by atoms with Gasteiger partial charge in [0.1, 0.15) is 0 Å². The number of nitrogens with zero attached hydrogens (tertiary/aromatic N) is 6. The van der Waals surface area contributed by atoms with Gasteiger partial charge in [-0.2, -0.15) is 15.0 Å². The Kier molecular flexibility index (Phi) is 4.30. The molecule has 0 saturated heterocycles. The molecule has 1 atom stereocenters. The van der Waals surface area contributed by atoms with Gasteiger partial charge in [0.15, 0.2) is 5.82 Å².